The number of ketones is 2. The van der Waals surface area contributed by atoms with E-state index in [2.05, 4.69) is 0 Å². The number of aryl methyl sites for hydroxylation is 1. The topological polar surface area (TPSA) is 34.1 Å². The zero-order chi connectivity index (χ0) is 13.0. The van der Waals surface area contributed by atoms with Gasteiger partial charge in [0.2, 0.25) is 5.78 Å². The molecular weight excluding hydrogens is 244 g/mol. The molecule has 1 aromatic carbocycles. The first-order valence-corrected chi connectivity index (χ1v) is 6.66. The molecule has 0 spiro atoms. The molecule has 0 unspecified atom stereocenters. The molecule has 18 heavy (non-hydrogen) atoms. The predicted molar refractivity (Wildman–Crippen MR) is 73.2 cm³/mol. The van der Waals surface area contributed by atoms with Crippen LogP contribution < -0.4 is 0 Å². The number of Topliss-reactive ketones (excluding diaryl/α,β-unsaturated/α-hetero) is 1. The van der Waals surface area contributed by atoms with E-state index in [0.29, 0.717) is 12.0 Å². The van der Waals surface area contributed by atoms with E-state index in [1.165, 1.54) is 11.3 Å². The summed E-state index contributed by atoms with van der Waals surface area (Å²) in [6.45, 7) is 1.59. The molecule has 0 aliphatic rings. The summed E-state index contributed by atoms with van der Waals surface area (Å²) in [5.74, 6) is 0.231. The average Bonchev–Trinajstić information content (AvgIpc) is 2.85. The standard InChI is InChI=1S/C15H14O2S/c1-11(16)7-8-13-9-10-14(18-13)15(17)12-5-3-2-4-6-12/h2-6,9-10H,7-8H2,1H3. The Morgan fingerprint density at radius 2 is 1.78 bits per heavy atom. The smallest absolute Gasteiger partial charge is 0.202 e. The van der Waals surface area contributed by atoms with Crippen molar-refractivity contribution >= 4 is 22.9 Å². The van der Waals surface area contributed by atoms with Crippen LogP contribution in [0.3, 0.4) is 0 Å². The highest BCUT2D eigenvalue weighted by molar-refractivity contribution is 7.14. The van der Waals surface area contributed by atoms with Gasteiger partial charge in [0.15, 0.2) is 0 Å². The molecule has 1 aromatic heterocycles. The third kappa shape index (κ3) is 3.14. The van der Waals surface area contributed by atoms with Gasteiger partial charge in [-0.3, -0.25) is 4.79 Å². The Kier molecular flexibility index (Phi) is 4.05. The van der Waals surface area contributed by atoms with E-state index in [-0.39, 0.29) is 11.6 Å². The number of hydrogen-bond donors (Lipinski definition) is 0. The first-order chi connectivity index (χ1) is 8.66. The van der Waals surface area contributed by atoms with Crippen molar-refractivity contribution in [2.45, 2.75) is 19.8 Å². The monoisotopic (exact) mass is 258 g/mol. The number of hydrogen-bond acceptors (Lipinski definition) is 3. The molecular formula is C15H14O2S. The number of thiophene rings is 1. The van der Waals surface area contributed by atoms with E-state index < -0.39 is 0 Å². The molecule has 1 heterocycles. The van der Waals surface area contributed by atoms with Crippen molar-refractivity contribution in [1.29, 1.82) is 0 Å². The first-order valence-electron chi connectivity index (χ1n) is 5.84. The molecule has 0 radical (unpaired) electrons. The molecule has 2 rings (SSSR count). The van der Waals surface area contributed by atoms with Crippen LogP contribution in [-0.2, 0) is 11.2 Å². The van der Waals surface area contributed by atoms with Gasteiger partial charge < -0.3 is 4.79 Å². The zero-order valence-corrected chi connectivity index (χ0v) is 11.0. The summed E-state index contributed by atoms with van der Waals surface area (Å²) in [6, 6.07) is 13.0. The number of carbonyl (C=O) groups excluding carboxylic acids is 2. The molecule has 2 aromatic rings. The maximum Gasteiger partial charge on any atom is 0.202 e. The molecule has 0 saturated carbocycles. The fourth-order valence-electron chi connectivity index (χ4n) is 1.67. The Bertz CT molecular complexity index is 555. The lowest BCUT2D eigenvalue weighted by Gasteiger charge is -1.96. The van der Waals surface area contributed by atoms with Crippen LogP contribution in [0, 0.1) is 0 Å². The van der Waals surface area contributed by atoms with Gasteiger partial charge in [0.1, 0.15) is 5.78 Å². The van der Waals surface area contributed by atoms with E-state index in [4.69, 9.17) is 0 Å². The van der Waals surface area contributed by atoms with Crippen molar-refractivity contribution in [1.82, 2.24) is 0 Å². The first kappa shape index (κ1) is 12.7. The molecule has 0 atom stereocenters. The van der Waals surface area contributed by atoms with Crippen molar-refractivity contribution in [3.63, 3.8) is 0 Å². The molecule has 0 aliphatic heterocycles. The normalized spacial score (nSPS) is 10.3. The van der Waals surface area contributed by atoms with Crippen LogP contribution in [0.25, 0.3) is 0 Å². The number of rotatable bonds is 5. The predicted octanol–water partition coefficient (Wildman–Crippen LogP) is 3.50. The van der Waals surface area contributed by atoms with Gasteiger partial charge in [-0.1, -0.05) is 30.3 Å². The van der Waals surface area contributed by atoms with Crippen LogP contribution in [0.1, 0.15) is 33.5 Å². The van der Waals surface area contributed by atoms with Crippen LogP contribution in [0.15, 0.2) is 42.5 Å². The second-order valence-corrected chi connectivity index (χ2v) is 5.33. The Morgan fingerprint density at radius 1 is 1.06 bits per heavy atom. The molecule has 0 bridgehead atoms. The summed E-state index contributed by atoms with van der Waals surface area (Å²) < 4.78 is 0. The fraction of sp³-hybridized carbons (Fsp3) is 0.200. The largest absolute Gasteiger partial charge is 0.300 e. The maximum absolute atomic E-state index is 12.1. The molecule has 0 N–H and O–H groups in total. The Balaban J connectivity index is 2.10. The fourth-order valence-corrected chi connectivity index (χ4v) is 2.63. The molecule has 92 valence electrons. The van der Waals surface area contributed by atoms with Crippen LogP contribution in [-0.4, -0.2) is 11.6 Å². The summed E-state index contributed by atoms with van der Waals surface area (Å²) in [7, 11) is 0. The van der Waals surface area contributed by atoms with Crippen molar-refractivity contribution < 1.29 is 9.59 Å². The highest BCUT2D eigenvalue weighted by Gasteiger charge is 2.11. The van der Waals surface area contributed by atoms with Gasteiger partial charge in [-0.15, -0.1) is 11.3 Å². The lowest BCUT2D eigenvalue weighted by molar-refractivity contribution is -0.116. The molecule has 0 amide bonds. The molecule has 0 aliphatic carbocycles. The van der Waals surface area contributed by atoms with Crippen molar-refractivity contribution in [3.05, 3.63) is 57.8 Å². The van der Waals surface area contributed by atoms with Gasteiger partial charge >= 0.3 is 0 Å². The van der Waals surface area contributed by atoms with Crippen LogP contribution >= 0.6 is 11.3 Å². The quantitative estimate of drug-likeness (QED) is 0.769. The van der Waals surface area contributed by atoms with E-state index >= 15 is 0 Å². The third-order valence-electron chi connectivity index (χ3n) is 2.64. The SMILES string of the molecule is CC(=O)CCc1ccc(C(=O)c2ccccc2)s1. The lowest BCUT2D eigenvalue weighted by atomic mass is 10.1. The van der Waals surface area contributed by atoms with Gasteiger partial charge in [-0.25, -0.2) is 0 Å². The lowest BCUT2D eigenvalue weighted by Crippen LogP contribution is -1.97. The second-order valence-electron chi connectivity index (χ2n) is 4.16. The Hall–Kier alpha value is -1.74. The minimum Gasteiger partial charge on any atom is -0.300 e. The summed E-state index contributed by atoms with van der Waals surface area (Å²) >= 11 is 1.48. The van der Waals surface area contributed by atoms with E-state index in [1.54, 1.807) is 6.92 Å². The van der Waals surface area contributed by atoms with Crippen LogP contribution in [0.2, 0.25) is 0 Å². The maximum atomic E-state index is 12.1. The zero-order valence-electron chi connectivity index (χ0n) is 10.2. The van der Waals surface area contributed by atoms with Crippen molar-refractivity contribution in [2.24, 2.45) is 0 Å². The molecule has 3 heteroatoms. The number of benzene rings is 1. The van der Waals surface area contributed by atoms with Crippen molar-refractivity contribution in [3.8, 4) is 0 Å². The molecule has 0 saturated heterocycles. The minimum atomic E-state index is 0.0506. The van der Waals surface area contributed by atoms with Gasteiger partial charge in [-0.2, -0.15) is 0 Å². The average molecular weight is 258 g/mol. The highest BCUT2D eigenvalue weighted by Crippen LogP contribution is 2.21. The number of carbonyl (C=O) groups is 2. The molecule has 0 fully saturated rings. The van der Waals surface area contributed by atoms with Gasteiger partial charge in [-0.05, 0) is 25.5 Å². The van der Waals surface area contributed by atoms with Gasteiger partial charge in [0.25, 0.3) is 0 Å². The summed E-state index contributed by atoms with van der Waals surface area (Å²) in [5, 5.41) is 0. The van der Waals surface area contributed by atoms with Crippen molar-refractivity contribution in [2.75, 3.05) is 0 Å². The summed E-state index contributed by atoms with van der Waals surface area (Å²) in [4.78, 5) is 24.9. The van der Waals surface area contributed by atoms with E-state index in [9.17, 15) is 9.59 Å². The molecule has 2 nitrogen and oxygen atoms in total. The third-order valence-corrected chi connectivity index (χ3v) is 3.79. The van der Waals surface area contributed by atoms with Crippen LogP contribution in [0.5, 0.6) is 0 Å². The second kappa shape index (κ2) is 5.74. The van der Waals surface area contributed by atoms with E-state index in [1.807, 2.05) is 42.5 Å². The van der Waals surface area contributed by atoms with Gasteiger partial charge in [0.05, 0.1) is 4.88 Å². The summed E-state index contributed by atoms with van der Waals surface area (Å²) in [6.07, 6.45) is 1.27. The Labute approximate surface area is 110 Å². The summed E-state index contributed by atoms with van der Waals surface area (Å²) in [5.41, 5.74) is 0.706. The van der Waals surface area contributed by atoms with Crippen LogP contribution in [0.4, 0.5) is 0 Å². The van der Waals surface area contributed by atoms with Gasteiger partial charge in [0, 0.05) is 16.9 Å². The van der Waals surface area contributed by atoms with E-state index in [0.717, 1.165) is 16.2 Å². The Morgan fingerprint density at radius 3 is 2.44 bits per heavy atom. The highest BCUT2D eigenvalue weighted by atomic mass is 32.1. The minimum absolute atomic E-state index is 0.0506.